The molecular formula is C18H17NO2. The Bertz CT molecular complexity index is 687. The molecule has 3 heteroatoms. The molecule has 0 spiro atoms. The van der Waals surface area contributed by atoms with Gasteiger partial charge >= 0.3 is 0 Å². The van der Waals surface area contributed by atoms with E-state index in [9.17, 15) is 4.79 Å². The normalized spacial score (nSPS) is 12.9. The van der Waals surface area contributed by atoms with Crippen molar-refractivity contribution in [3.8, 4) is 5.75 Å². The van der Waals surface area contributed by atoms with Gasteiger partial charge in [-0.25, -0.2) is 0 Å². The van der Waals surface area contributed by atoms with E-state index >= 15 is 0 Å². The number of hydrogen-bond donors (Lipinski definition) is 1. The first kappa shape index (κ1) is 13.4. The van der Waals surface area contributed by atoms with E-state index in [1.165, 1.54) is 5.56 Å². The maximum absolute atomic E-state index is 12.3. The van der Waals surface area contributed by atoms with Gasteiger partial charge in [-0.3, -0.25) is 4.79 Å². The Morgan fingerprint density at radius 3 is 2.67 bits per heavy atom. The zero-order chi connectivity index (χ0) is 14.7. The Hall–Kier alpha value is -2.55. The van der Waals surface area contributed by atoms with Crippen LogP contribution in [0.15, 0.2) is 54.1 Å². The SMILES string of the molecule is CCc1ccc(NC(=O)C2=Cc3ccccc3OC2)cc1. The van der Waals surface area contributed by atoms with Crippen LogP contribution in [0.3, 0.4) is 0 Å². The average Bonchev–Trinajstić information content (AvgIpc) is 2.55. The maximum atomic E-state index is 12.3. The number of rotatable bonds is 3. The molecule has 3 rings (SSSR count). The van der Waals surface area contributed by atoms with Gasteiger partial charge in [0.05, 0.1) is 5.57 Å². The van der Waals surface area contributed by atoms with Gasteiger partial charge in [0, 0.05) is 11.3 Å². The highest BCUT2D eigenvalue weighted by atomic mass is 16.5. The molecule has 0 unspecified atom stereocenters. The van der Waals surface area contributed by atoms with Gasteiger partial charge in [-0.05, 0) is 36.3 Å². The van der Waals surface area contributed by atoms with E-state index in [1.807, 2.05) is 54.6 Å². The first-order valence-corrected chi connectivity index (χ1v) is 7.09. The molecule has 0 fully saturated rings. The summed E-state index contributed by atoms with van der Waals surface area (Å²) >= 11 is 0. The molecule has 2 aromatic rings. The molecule has 0 saturated heterocycles. The highest BCUT2D eigenvalue weighted by molar-refractivity contribution is 6.07. The summed E-state index contributed by atoms with van der Waals surface area (Å²) in [7, 11) is 0. The number of amides is 1. The number of carbonyl (C=O) groups excluding carboxylic acids is 1. The number of para-hydroxylation sites is 1. The summed E-state index contributed by atoms with van der Waals surface area (Å²) in [6.45, 7) is 2.41. The fourth-order valence-electron chi connectivity index (χ4n) is 2.28. The van der Waals surface area contributed by atoms with E-state index in [2.05, 4.69) is 12.2 Å². The van der Waals surface area contributed by atoms with Crippen LogP contribution in [0.2, 0.25) is 0 Å². The first-order valence-electron chi connectivity index (χ1n) is 7.09. The van der Waals surface area contributed by atoms with Crippen LogP contribution in [0, 0.1) is 0 Å². The molecule has 2 aromatic carbocycles. The smallest absolute Gasteiger partial charge is 0.255 e. The standard InChI is InChI=1S/C18H17NO2/c1-2-13-7-9-16(10-8-13)19-18(20)15-11-14-5-3-4-6-17(14)21-12-15/h3-11H,2,12H2,1H3,(H,19,20). The van der Waals surface area contributed by atoms with Gasteiger partial charge in [0.2, 0.25) is 0 Å². The Morgan fingerprint density at radius 2 is 1.90 bits per heavy atom. The van der Waals surface area contributed by atoms with Crippen LogP contribution in [-0.2, 0) is 11.2 Å². The molecule has 0 saturated carbocycles. The molecule has 1 amide bonds. The van der Waals surface area contributed by atoms with Crippen LogP contribution in [0.1, 0.15) is 18.1 Å². The van der Waals surface area contributed by atoms with Crippen molar-refractivity contribution in [2.45, 2.75) is 13.3 Å². The van der Waals surface area contributed by atoms with Crippen LogP contribution >= 0.6 is 0 Å². The number of anilines is 1. The lowest BCUT2D eigenvalue weighted by atomic mass is 10.1. The van der Waals surface area contributed by atoms with Crippen LogP contribution in [0.25, 0.3) is 6.08 Å². The fraction of sp³-hybridized carbons (Fsp3) is 0.167. The van der Waals surface area contributed by atoms with E-state index in [0.717, 1.165) is 23.4 Å². The summed E-state index contributed by atoms with van der Waals surface area (Å²) in [6.07, 6.45) is 2.87. The first-order chi connectivity index (χ1) is 10.3. The minimum absolute atomic E-state index is 0.117. The maximum Gasteiger partial charge on any atom is 0.255 e. The lowest BCUT2D eigenvalue weighted by Crippen LogP contribution is -2.21. The van der Waals surface area contributed by atoms with E-state index in [4.69, 9.17) is 4.74 Å². The van der Waals surface area contributed by atoms with Crippen LogP contribution in [0.5, 0.6) is 5.75 Å². The van der Waals surface area contributed by atoms with E-state index in [1.54, 1.807) is 0 Å². The van der Waals surface area contributed by atoms with Gasteiger partial charge in [-0.2, -0.15) is 0 Å². The van der Waals surface area contributed by atoms with Crippen molar-refractivity contribution in [1.29, 1.82) is 0 Å². The molecule has 0 bridgehead atoms. The van der Waals surface area contributed by atoms with Crippen molar-refractivity contribution in [2.75, 3.05) is 11.9 Å². The second-order valence-corrected chi connectivity index (χ2v) is 5.00. The number of nitrogens with one attached hydrogen (secondary N) is 1. The highest BCUT2D eigenvalue weighted by Crippen LogP contribution is 2.26. The van der Waals surface area contributed by atoms with E-state index in [0.29, 0.717) is 12.2 Å². The molecule has 106 valence electrons. The number of fused-ring (bicyclic) bond motifs is 1. The molecule has 0 aliphatic carbocycles. The number of hydrogen-bond acceptors (Lipinski definition) is 2. The third-order valence-electron chi connectivity index (χ3n) is 3.54. The fourth-order valence-corrected chi connectivity index (χ4v) is 2.28. The Kier molecular flexibility index (Phi) is 3.73. The highest BCUT2D eigenvalue weighted by Gasteiger charge is 2.16. The van der Waals surface area contributed by atoms with Crippen LogP contribution < -0.4 is 10.1 Å². The van der Waals surface area contributed by atoms with Crippen LogP contribution in [0.4, 0.5) is 5.69 Å². The minimum Gasteiger partial charge on any atom is -0.488 e. The summed E-state index contributed by atoms with van der Waals surface area (Å²) in [5.74, 6) is 0.704. The molecule has 0 atom stereocenters. The van der Waals surface area contributed by atoms with Gasteiger partial charge in [-0.1, -0.05) is 37.3 Å². The molecule has 0 radical (unpaired) electrons. The number of benzene rings is 2. The van der Waals surface area contributed by atoms with Crippen molar-refractivity contribution in [2.24, 2.45) is 0 Å². The summed E-state index contributed by atoms with van der Waals surface area (Å²) in [6, 6.07) is 15.6. The molecule has 1 aliphatic heterocycles. The van der Waals surface area contributed by atoms with Crippen LogP contribution in [-0.4, -0.2) is 12.5 Å². The topological polar surface area (TPSA) is 38.3 Å². The summed E-state index contributed by atoms with van der Waals surface area (Å²) < 4.78 is 5.60. The van der Waals surface area contributed by atoms with Crippen molar-refractivity contribution in [3.05, 3.63) is 65.2 Å². The average molecular weight is 279 g/mol. The van der Waals surface area contributed by atoms with Crippen molar-refractivity contribution >= 4 is 17.7 Å². The Labute approximate surface area is 124 Å². The summed E-state index contributed by atoms with van der Waals surface area (Å²) in [5, 5.41) is 2.91. The van der Waals surface area contributed by atoms with E-state index in [-0.39, 0.29) is 5.91 Å². The zero-order valence-corrected chi connectivity index (χ0v) is 11.9. The monoisotopic (exact) mass is 279 g/mol. The van der Waals surface area contributed by atoms with E-state index < -0.39 is 0 Å². The third-order valence-corrected chi connectivity index (χ3v) is 3.54. The van der Waals surface area contributed by atoms with Gasteiger partial charge in [0.15, 0.2) is 0 Å². The second kappa shape index (κ2) is 5.83. The number of ether oxygens (including phenoxy) is 1. The third kappa shape index (κ3) is 2.97. The number of carbonyl (C=O) groups is 1. The Morgan fingerprint density at radius 1 is 1.14 bits per heavy atom. The summed E-state index contributed by atoms with van der Waals surface area (Å²) in [4.78, 5) is 12.3. The molecule has 0 aromatic heterocycles. The molecular weight excluding hydrogens is 262 g/mol. The molecule has 21 heavy (non-hydrogen) atoms. The largest absolute Gasteiger partial charge is 0.488 e. The van der Waals surface area contributed by atoms with Gasteiger partial charge in [0.1, 0.15) is 12.4 Å². The lowest BCUT2D eigenvalue weighted by Gasteiger charge is -2.17. The zero-order valence-electron chi connectivity index (χ0n) is 11.9. The minimum atomic E-state index is -0.117. The van der Waals surface area contributed by atoms with Gasteiger partial charge in [-0.15, -0.1) is 0 Å². The van der Waals surface area contributed by atoms with Crippen molar-refractivity contribution < 1.29 is 9.53 Å². The second-order valence-electron chi connectivity index (χ2n) is 5.00. The molecule has 1 N–H and O–H groups in total. The molecule has 1 heterocycles. The summed E-state index contributed by atoms with van der Waals surface area (Å²) in [5.41, 5.74) is 3.63. The predicted molar refractivity (Wildman–Crippen MR) is 84.4 cm³/mol. The van der Waals surface area contributed by atoms with Crippen molar-refractivity contribution in [1.82, 2.24) is 0 Å². The Balaban J connectivity index is 1.75. The molecule has 3 nitrogen and oxygen atoms in total. The predicted octanol–water partition coefficient (Wildman–Crippen LogP) is 3.66. The molecule has 1 aliphatic rings. The quantitative estimate of drug-likeness (QED) is 0.931. The van der Waals surface area contributed by atoms with Crippen molar-refractivity contribution in [3.63, 3.8) is 0 Å². The van der Waals surface area contributed by atoms with Gasteiger partial charge < -0.3 is 10.1 Å². The number of aryl methyl sites for hydroxylation is 1. The van der Waals surface area contributed by atoms with Gasteiger partial charge in [0.25, 0.3) is 5.91 Å². The lowest BCUT2D eigenvalue weighted by molar-refractivity contribution is -0.113.